The molecule has 1 aliphatic carbocycles. The summed E-state index contributed by atoms with van der Waals surface area (Å²) in [5, 5.41) is 5.27. The van der Waals surface area contributed by atoms with Gasteiger partial charge in [-0.05, 0) is 12.8 Å². The molecule has 0 unspecified atom stereocenters. The van der Waals surface area contributed by atoms with Crippen LogP contribution in [0.4, 0.5) is 0 Å². The Balaban J connectivity index is 2.11. The molecule has 2 amide bonds. The highest BCUT2D eigenvalue weighted by Crippen LogP contribution is 2.24. The van der Waals surface area contributed by atoms with E-state index in [2.05, 4.69) is 10.6 Å². The minimum atomic E-state index is -0.105. The van der Waals surface area contributed by atoms with Gasteiger partial charge in [-0.15, -0.1) is 0 Å². The molecule has 5 heteroatoms. The highest BCUT2D eigenvalue weighted by atomic mass is 16.2. The first-order valence-electron chi connectivity index (χ1n) is 4.82. The lowest BCUT2D eigenvalue weighted by molar-refractivity contribution is -0.129. The molecular formula is C9H17N3O2. The molecule has 0 bridgehead atoms. The Morgan fingerprint density at radius 1 is 1.36 bits per heavy atom. The van der Waals surface area contributed by atoms with E-state index in [-0.39, 0.29) is 24.9 Å². The normalized spacial score (nSPS) is 15.0. The van der Waals surface area contributed by atoms with Gasteiger partial charge in [0.15, 0.2) is 0 Å². The van der Waals surface area contributed by atoms with Crippen LogP contribution in [0.2, 0.25) is 0 Å². The second kappa shape index (κ2) is 4.95. The van der Waals surface area contributed by atoms with E-state index in [0.29, 0.717) is 6.04 Å². The van der Waals surface area contributed by atoms with Gasteiger partial charge in [-0.25, -0.2) is 0 Å². The fraction of sp³-hybridized carbons (Fsp3) is 0.778. The van der Waals surface area contributed by atoms with Crippen molar-refractivity contribution < 1.29 is 9.59 Å². The summed E-state index contributed by atoms with van der Waals surface area (Å²) >= 11 is 0. The number of amides is 2. The van der Waals surface area contributed by atoms with E-state index < -0.39 is 0 Å². The molecule has 14 heavy (non-hydrogen) atoms. The van der Waals surface area contributed by atoms with Crippen molar-refractivity contribution in [1.29, 1.82) is 0 Å². The largest absolute Gasteiger partial charge is 0.358 e. The Bertz CT molecular complexity index is 226. The van der Waals surface area contributed by atoms with Gasteiger partial charge in [0.05, 0.1) is 13.1 Å². The smallest absolute Gasteiger partial charge is 0.236 e. The summed E-state index contributed by atoms with van der Waals surface area (Å²) in [6.07, 6.45) is 2.22. The summed E-state index contributed by atoms with van der Waals surface area (Å²) in [5.74, 6) is -0.0525. The molecule has 0 atom stereocenters. The molecular weight excluding hydrogens is 182 g/mol. The van der Waals surface area contributed by atoms with E-state index in [1.54, 1.807) is 11.9 Å². The highest BCUT2D eigenvalue weighted by Gasteiger charge is 2.28. The van der Waals surface area contributed by atoms with Gasteiger partial charge in [-0.3, -0.25) is 14.9 Å². The van der Waals surface area contributed by atoms with E-state index in [0.717, 1.165) is 12.8 Å². The van der Waals surface area contributed by atoms with Crippen LogP contribution in [0, 0.1) is 0 Å². The summed E-state index contributed by atoms with van der Waals surface area (Å²) in [4.78, 5) is 24.0. The Hall–Kier alpha value is -1.10. The lowest BCUT2D eigenvalue weighted by Crippen LogP contribution is -2.40. The van der Waals surface area contributed by atoms with Crippen LogP contribution in [0.25, 0.3) is 0 Å². The van der Waals surface area contributed by atoms with E-state index in [1.807, 2.05) is 7.05 Å². The zero-order valence-electron chi connectivity index (χ0n) is 8.67. The molecule has 2 N–H and O–H groups in total. The number of nitrogens with zero attached hydrogens (tertiary/aromatic N) is 1. The topological polar surface area (TPSA) is 61.4 Å². The van der Waals surface area contributed by atoms with Crippen molar-refractivity contribution in [3.63, 3.8) is 0 Å². The van der Waals surface area contributed by atoms with Gasteiger partial charge in [-0.1, -0.05) is 0 Å². The molecule has 0 radical (unpaired) electrons. The van der Waals surface area contributed by atoms with Crippen molar-refractivity contribution in [3.8, 4) is 0 Å². The molecule has 1 saturated carbocycles. The van der Waals surface area contributed by atoms with Crippen molar-refractivity contribution in [2.24, 2.45) is 0 Å². The number of nitrogens with one attached hydrogen (secondary N) is 2. The molecule has 1 aliphatic rings. The van der Waals surface area contributed by atoms with Crippen LogP contribution >= 0.6 is 0 Å². The van der Waals surface area contributed by atoms with Crippen molar-refractivity contribution in [2.75, 3.05) is 27.2 Å². The number of likely N-dealkylation sites (N-methyl/N-ethyl adjacent to an activating group) is 2. The lowest BCUT2D eigenvalue weighted by atomic mass is 10.4. The minimum absolute atomic E-state index is 0.0522. The third-order valence-corrected chi connectivity index (χ3v) is 2.33. The average Bonchev–Trinajstić information content (AvgIpc) is 2.99. The van der Waals surface area contributed by atoms with Gasteiger partial charge in [0.2, 0.25) is 11.8 Å². The quantitative estimate of drug-likeness (QED) is 0.593. The van der Waals surface area contributed by atoms with Crippen molar-refractivity contribution in [2.45, 2.75) is 18.9 Å². The molecule has 0 aromatic carbocycles. The molecule has 5 nitrogen and oxygen atoms in total. The van der Waals surface area contributed by atoms with E-state index in [9.17, 15) is 9.59 Å². The first-order valence-corrected chi connectivity index (χ1v) is 4.82. The second-order valence-electron chi connectivity index (χ2n) is 3.51. The van der Waals surface area contributed by atoms with Crippen LogP contribution < -0.4 is 10.6 Å². The number of carbonyl (C=O) groups excluding carboxylic acids is 2. The van der Waals surface area contributed by atoms with Gasteiger partial charge in [0, 0.05) is 20.1 Å². The Morgan fingerprint density at radius 3 is 2.50 bits per heavy atom. The average molecular weight is 199 g/mol. The molecule has 1 fully saturated rings. The summed E-state index contributed by atoms with van der Waals surface area (Å²) in [7, 11) is 3.38. The van der Waals surface area contributed by atoms with Crippen molar-refractivity contribution in [3.05, 3.63) is 0 Å². The second-order valence-corrected chi connectivity index (χ2v) is 3.51. The SMILES string of the molecule is CNC(=O)CNCC(=O)N(C)C1CC1. The third kappa shape index (κ3) is 3.33. The first-order chi connectivity index (χ1) is 6.65. The minimum Gasteiger partial charge on any atom is -0.358 e. The summed E-state index contributed by atoms with van der Waals surface area (Å²) in [5.41, 5.74) is 0. The van der Waals surface area contributed by atoms with Crippen LogP contribution in [-0.2, 0) is 9.59 Å². The van der Waals surface area contributed by atoms with E-state index in [1.165, 1.54) is 0 Å². The van der Waals surface area contributed by atoms with E-state index >= 15 is 0 Å². The monoisotopic (exact) mass is 199 g/mol. The predicted molar refractivity (Wildman–Crippen MR) is 52.7 cm³/mol. The van der Waals surface area contributed by atoms with Gasteiger partial charge in [0.1, 0.15) is 0 Å². The third-order valence-electron chi connectivity index (χ3n) is 2.33. The molecule has 0 aromatic rings. The fourth-order valence-electron chi connectivity index (χ4n) is 1.16. The van der Waals surface area contributed by atoms with Crippen LogP contribution in [-0.4, -0.2) is 49.9 Å². The lowest BCUT2D eigenvalue weighted by Gasteiger charge is -2.16. The zero-order valence-corrected chi connectivity index (χ0v) is 8.67. The van der Waals surface area contributed by atoms with Gasteiger partial charge in [-0.2, -0.15) is 0 Å². The molecule has 1 rings (SSSR count). The number of hydrogen-bond acceptors (Lipinski definition) is 3. The van der Waals surface area contributed by atoms with Gasteiger partial charge in [0.25, 0.3) is 0 Å². The molecule has 0 aliphatic heterocycles. The standard InChI is InChI=1S/C9H17N3O2/c1-10-8(13)5-11-6-9(14)12(2)7-3-4-7/h7,11H,3-6H2,1-2H3,(H,10,13). The Labute approximate surface area is 83.8 Å². The van der Waals surface area contributed by atoms with Gasteiger partial charge >= 0.3 is 0 Å². The maximum Gasteiger partial charge on any atom is 0.236 e. The van der Waals surface area contributed by atoms with Crippen LogP contribution in [0.3, 0.4) is 0 Å². The summed E-state index contributed by atoms with van der Waals surface area (Å²) in [6, 6.07) is 0.435. The summed E-state index contributed by atoms with van der Waals surface area (Å²) < 4.78 is 0. The van der Waals surface area contributed by atoms with Crippen molar-refractivity contribution in [1.82, 2.24) is 15.5 Å². The first kappa shape index (κ1) is 11.0. The maximum absolute atomic E-state index is 11.4. The highest BCUT2D eigenvalue weighted by molar-refractivity contribution is 5.81. The number of hydrogen-bond donors (Lipinski definition) is 2. The van der Waals surface area contributed by atoms with Gasteiger partial charge < -0.3 is 10.2 Å². The Morgan fingerprint density at radius 2 is 2.00 bits per heavy atom. The molecule has 0 saturated heterocycles. The fourth-order valence-corrected chi connectivity index (χ4v) is 1.16. The van der Waals surface area contributed by atoms with Crippen LogP contribution in [0.5, 0.6) is 0 Å². The van der Waals surface area contributed by atoms with E-state index in [4.69, 9.17) is 0 Å². The molecule has 0 heterocycles. The predicted octanol–water partition coefficient (Wildman–Crippen LogP) is -1.06. The van der Waals surface area contributed by atoms with Crippen LogP contribution in [0.1, 0.15) is 12.8 Å². The molecule has 0 spiro atoms. The number of carbonyl (C=O) groups is 2. The Kier molecular flexibility index (Phi) is 3.88. The zero-order chi connectivity index (χ0) is 10.6. The number of rotatable bonds is 5. The molecule has 0 aromatic heterocycles. The van der Waals surface area contributed by atoms with Crippen LogP contribution in [0.15, 0.2) is 0 Å². The maximum atomic E-state index is 11.4. The molecule has 80 valence electrons. The van der Waals surface area contributed by atoms with Crippen molar-refractivity contribution >= 4 is 11.8 Å². The summed E-state index contributed by atoms with van der Waals surface area (Å²) in [6.45, 7) is 0.432.